The fraction of sp³-hybridized carbons (Fsp3) is 0.571. The number of aliphatic hydroxyl groups excluding tert-OH is 1. The number of likely N-dealkylation sites (N-methyl/N-ethyl adjacent to an activating group) is 1. The van der Waals surface area contributed by atoms with Crippen molar-refractivity contribution < 1.29 is 14.6 Å². The number of aliphatic hydroxyl groups is 1. The SMILES string of the molecule is CCN(CC)C[C@H](O)COc1cccc(OC)c1. The zero-order valence-electron chi connectivity index (χ0n) is 11.4. The van der Waals surface area contributed by atoms with Crippen LogP contribution in [0.5, 0.6) is 11.5 Å². The Hall–Kier alpha value is -1.26. The Bertz CT molecular complexity index is 340. The Labute approximate surface area is 109 Å². The molecule has 1 aromatic carbocycles. The first kappa shape index (κ1) is 14.8. The number of methoxy groups -OCH3 is 1. The Kier molecular flexibility index (Phi) is 6.54. The summed E-state index contributed by atoms with van der Waals surface area (Å²) in [6, 6.07) is 7.39. The molecule has 1 aromatic rings. The molecule has 0 saturated carbocycles. The third-order valence-electron chi connectivity index (χ3n) is 2.85. The average molecular weight is 253 g/mol. The van der Waals surface area contributed by atoms with Crippen LogP contribution in [0.15, 0.2) is 24.3 Å². The highest BCUT2D eigenvalue weighted by Gasteiger charge is 2.09. The highest BCUT2D eigenvalue weighted by molar-refractivity contribution is 5.32. The third-order valence-corrected chi connectivity index (χ3v) is 2.85. The summed E-state index contributed by atoms with van der Waals surface area (Å²) in [6.07, 6.45) is -0.476. The number of hydrogen-bond acceptors (Lipinski definition) is 4. The van der Waals surface area contributed by atoms with E-state index in [4.69, 9.17) is 9.47 Å². The fourth-order valence-corrected chi connectivity index (χ4v) is 1.72. The highest BCUT2D eigenvalue weighted by atomic mass is 16.5. The molecule has 0 aliphatic carbocycles. The topological polar surface area (TPSA) is 41.9 Å². The van der Waals surface area contributed by atoms with Crippen molar-refractivity contribution in [3.8, 4) is 11.5 Å². The molecule has 0 aliphatic rings. The maximum absolute atomic E-state index is 9.87. The summed E-state index contributed by atoms with van der Waals surface area (Å²) in [6.45, 7) is 6.97. The predicted octanol–water partition coefficient (Wildman–Crippen LogP) is 1.78. The third kappa shape index (κ3) is 4.94. The quantitative estimate of drug-likeness (QED) is 0.767. The maximum Gasteiger partial charge on any atom is 0.123 e. The number of benzene rings is 1. The molecule has 0 amide bonds. The lowest BCUT2D eigenvalue weighted by Crippen LogP contribution is -2.35. The first-order valence-electron chi connectivity index (χ1n) is 6.36. The zero-order valence-corrected chi connectivity index (χ0v) is 11.4. The number of nitrogens with zero attached hydrogens (tertiary/aromatic N) is 1. The molecule has 0 fully saturated rings. The van der Waals surface area contributed by atoms with Gasteiger partial charge in [-0.2, -0.15) is 0 Å². The van der Waals surface area contributed by atoms with Crippen LogP contribution < -0.4 is 9.47 Å². The lowest BCUT2D eigenvalue weighted by Gasteiger charge is -2.21. The molecule has 1 rings (SSSR count). The molecule has 1 N–H and O–H groups in total. The summed E-state index contributed by atoms with van der Waals surface area (Å²) >= 11 is 0. The standard InChI is InChI=1S/C14H23NO3/c1-4-15(5-2)10-12(16)11-18-14-8-6-7-13(9-14)17-3/h6-9,12,16H,4-5,10-11H2,1-3H3/t12-/m0/s1. The van der Waals surface area contributed by atoms with E-state index < -0.39 is 6.10 Å². The molecular formula is C14H23NO3. The van der Waals surface area contributed by atoms with Crippen molar-refractivity contribution in [2.45, 2.75) is 20.0 Å². The molecule has 4 nitrogen and oxygen atoms in total. The minimum Gasteiger partial charge on any atom is -0.497 e. The van der Waals surface area contributed by atoms with Gasteiger partial charge in [0.2, 0.25) is 0 Å². The molecule has 0 saturated heterocycles. The van der Waals surface area contributed by atoms with E-state index in [1.165, 1.54) is 0 Å². The van der Waals surface area contributed by atoms with Crippen molar-refractivity contribution in [1.29, 1.82) is 0 Å². The molecule has 0 radical (unpaired) electrons. The molecule has 0 bridgehead atoms. The molecule has 0 unspecified atom stereocenters. The normalized spacial score (nSPS) is 12.5. The van der Waals surface area contributed by atoms with Gasteiger partial charge in [-0.3, -0.25) is 0 Å². The summed E-state index contributed by atoms with van der Waals surface area (Å²) in [7, 11) is 1.62. The Morgan fingerprint density at radius 1 is 1.22 bits per heavy atom. The molecular weight excluding hydrogens is 230 g/mol. The monoisotopic (exact) mass is 253 g/mol. The number of rotatable bonds is 8. The number of hydrogen-bond donors (Lipinski definition) is 1. The van der Waals surface area contributed by atoms with Gasteiger partial charge in [0, 0.05) is 12.6 Å². The van der Waals surface area contributed by atoms with Crippen molar-refractivity contribution in [3.05, 3.63) is 24.3 Å². The second-order valence-corrected chi connectivity index (χ2v) is 4.13. The Balaban J connectivity index is 2.39. The van der Waals surface area contributed by atoms with Gasteiger partial charge in [0.1, 0.15) is 24.2 Å². The van der Waals surface area contributed by atoms with Crippen LogP contribution in [0.25, 0.3) is 0 Å². The van der Waals surface area contributed by atoms with E-state index >= 15 is 0 Å². The van der Waals surface area contributed by atoms with Crippen molar-refractivity contribution in [1.82, 2.24) is 4.90 Å². The van der Waals surface area contributed by atoms with E-state index in [1.807, 2.05) is 24.3 Å². The molecule has 0 spiro atoms. The van der Waals surface area contributed by atoms with Crippen LogP contribution in [-0.4, -0.2) is 49.5 Å². The van der Waals surface area contributed by atoms with E-state index in [0.717, 1.165) is 18.8 Å². The van der Waals surface area contributed by atoms with Crippen molar-refractivity contribution in [2.75, 3.05) is 33.4 Å². The molecule has 0 heterocycles. The largest absolute Gasteiger partial charge is 0.497 e. The van der Waals surface area contributed by atoms with Gasteiger partial charge in [0.15, 0.2) is 0 Å². The molecule has 102 valence electrons. The Morgan fingerprint density at radius 2 is 1.89 bits per heavy atom. The van der Waals surface area contributed by atoms with E-state index in [9.17, 15) is 5.11 Å². The first-order valence-corrected chi connectivity index (χ1v) is 6.36. The van der Waals surface area contributed by atoms with Gasteiger partial charge < -0.3 is 19.5 Å². The van der Waals surface area contributed by atoms with Gasteiger partial charge in [0.05, 0.1) is 7.11 Å². The van der Waals surface area contributed by atoms with Crippen LogP contribution in [0, 0.1) is 0 Å². The summed E-state index contributed by atoms with van der Waals surface area (Å²) in [5.41, 5.74) is 0. The van der Waals surface area contributed by atoms with Gasteiger partial charge in [-0.25, -0.2) is 0 Å². The molecule has 4 heteroatoms. The summed E-state index contributed by atoms with van der Waals surface area (Å²) in [5.74, 6) is 1.47. The van der Waals surface area contributed by atoms with Crippen LogP contribution in [0.4, 0.5) is 0 Å². The minimum absolute atomic E-state index is 0.295. The van der Waals surface area contributed by atoms with E-state index in [0.29, 0.717) is 18.9 Å². The molecule has 0 aliphatic heterocycles. The molecule has 1 atom stereocenters. The van der Waals surface area contributed by atoms with Crippen LogP contribution in [0.1, 0.15) is 13.8 Å². The van der Waals surface area contributed by atoms with Crippen molar-refractivity contribution >= 4 is 0 Å². The highest BCUT2D eigenvalue weighted by Crippen LogP contribution is 2.18. The maximum atomic E-state index is 9.87. The van der Waals surface area contributed by atoms with E-state index in [-0.39, 0.29) is 0 Å². The van der Waals surface area contributed by atoms with E-state index in [2.05, 4.69) is 18.7 Å². The summed E-state index contributed by atoms with van der Waals surface area (Å²) < 4.78 is 10.7. The smallest absolute Gasteiger partial charge is 0.123 e. The molecule has 18 heavy (non-hydrogen) atoms. The Morgan fingerprint density at radius 3 is 2.50 bits per heavy atom. The van der Waals surface area contributed by atoms with Gasteiger partial charge in [0.25, 0.3) is 0 Å². The van der Waals surface area contributed by atoms with Gasteiger partial charge in [-0.05, 0) is 25.2 Å². The van der Waals surface area contributed by atoms with Gasteiger partial charge >= 0.3 is 0 Å². The van der Waals surface area contributed by atoms with Crippen molar-refractivity contribution in [3.63, 3.8) is 0 Å². The second-order valence-electron chi connectivity index (χ2n) is 4.13. The van der Waals surface area contributed by atoms with Crippen molar-refractivity contribution in [2.24, 2.45) is 0 Å². The first-order chi connectivity index (χ1) is 8.69. The van der Waals surface area contributed by atoms with Crippen LogP contribution in [0.2, 0.25) is 0 Å². The van der Waals surface area contributed by atoms with Crippen LogP contribution in [-0.2, 0) is 0 Å². The van der Waals surface area contributed by atoms with Gasteiger partial charge in [-0.15, -0.1) is 0 Å². The predicted molar refractivity (Wildman–Crippen MR) is 72.3 cm³/mol. The fourth-order valence-electron chi connectivity index (χ4n) is 1.72. The second kappa shape index (κ2) is 7.95. The lowest BCUT2D eigenvalue weighted by atomic mass is 10.3. The number of ether oxygens (including phenoxy) is 2. The summed E-state index contributed by atoms with van der Waals surface area (Å²) in [5, 5.41) is 9.87. The minimum atomic E-state index is -0.476. The van der Waals surface area contributed by atoms with Crippen LogP contribution in [0.3, 0.4) is 0 Å². The molecule has 0 aromatic heterocycles. The lowest BCUT2D eigenvalue weighted by molar-refractivity contribution is 0.0715. The summed E-state index contributed by atoms with van der Waals surface area (Å²) in [4.78, 5) is 2.17. The van der Waals surface area contributed by atoms with E-state index in [1.54, 1.807) is 7.11 Å². The van der Waals surface area contributed by atoms with Crippen LogP contribution >= 0.6 is 0 Å². The van der Waals surface area contributed by atoms with Gasteiger partial charge in [-0.1, -0.05) is 19.9 Å². The average Bonchev–Trinajstić information content (AvgIpc) is 2.42. The zero-order chi connectivity index (χ0) is 13.4.